The second-order valence-electron chi connectivity index (χ2n) is 4.41. The lowest BCUT2D eigenvalue weighted by Crippen LogP contribution is -2.27. The molecular formula is C13H16N2O3. The van der Waals surface area contributed by atoms with Gasteiger partial charge in [-0.3, -0.25) is 4.79 Å². The van der Waals surface area contributed by atoms with Crippen LogP contribution in [0.4, 0.5) is 0 Å². The normalized spacial score (nSPS) is 15.6. The van der Waals surface area contributed by atoms with Crippen molar-refractivity contribution in [1.82, 2.24) is 4.90 Å². The van der Waals surface area contributed by atoms with Crippen molar-refractivity contribution >= 4 is 11.6 Å². The Morgan fingerprint density at radius 3 is 2.89 bits per heavy atom. The Morgan fingerprint density at radius 1 is 1.44 bits per heavy atom. The SMILES string of the molecule is CN(C)C(=O)COc1cccc2c1CC/C2=N\O. The first-order valence-corrected chi connectivity index (χ1v) is 5.79. The number of rotatable bonds is 3. The van der Waals surface area contributed by atoms with Crippen LogP contribution in [-0.2, 0) is 11.2 Å². The molecule has 0 aromatic heterocycles. The van der Waals surface area contributed by atoms with Crippen LogP contribution in [0.2, 0.25) is 0 Å². The second kappa shape index (κ2) is 5.08. The number of likely N-dealkylation sites (N-methyl/N-ethyl adjacent to an activating group) is 1. The summed E-state index contributed by atoms with van der Waals surface area (Å²) < 4.78 is 5.54. The van der Waals surface area contributed by atoms with Crippen LogP contribution in [0.1, 0.15) is 17.5 Å². The molecule has 0 saturated carbocycles. The average molecular weight is 248 g/mol. The number of amides is 1. The third-order valence-corrected chi connectivity index (χ3v) is 3.03. The van der Waals surface area contributed by atoms with Crippen LogP contribution in [-0.4, -0.2) is 42.4 Å². The summed E-state index contributed by atoms with van der Waals surface area (Å²) in [5.41, 5.74) is 2.60. The van der Waals surface area contributed by atoms with E-state index in [0.29, 0.717) is 17.9 Å². The van der Waals surface area contributed by atoms with E-state index in [2.05, 4.69) is 5.16 Å². The fraction of sp³-hybridized carbons (Fsp3) is 0.385. The molecule has 5 heteroatoms. The zero-order chi connectivity index (χ0) is 13.1. The van der Waals surface area contributed by atoms with E-state index in [1.807, 2.05) is 18.2 Å². The van der Waals surface area contributed by atoms with E-state index in [1.165, 1.54) is 4.90 Å². The summed E-state index contributed by atoms with van der Waals surface area (Å²) >= 11 is 0. The summed E-state index contributed by atoms with van der Waals surface area (Å²) in [5.74, 6) is 0.614. The van der Waals surface area contributed by atoms with Crippen molar-refractivity contribution in [2.75, 3.05) is 20.7 Å². The van der Waals surface area contributed by atoms with Crippen LogP contribution in [0.5, 0.6) is 5.75 Å². The smallest absolute Gasteiger partial charge is 0.259 e. The fourth-order valence-electron chi connectivity index (χ4n) is 1.98. The molecular weight excluding hydrogens is 232 g/mol. The van der Waals surface area contributed by atoms with Gasteiger partial charge in [-0.05, 0) is 18.9 Å². The quantitative estimate of drug-likeness (QED) is 0.647. The maximum absolute atomic E-state index is 11.5. The van der Waals surface area contributed by atoms with Crippen molar-refractivity contribution in [2.24, 2.45) is 5.16 Å². The number of hydrogen-bond acceptors (Lipinski definition) is 4. The molecule has 0 aliphatic heterocycles. The largest absolute Gasteiger partial charge is 0.483 e. The van der Waals surface area contributed by atoms with E-state index < -0.39 is 0 Å². The van der Waals surface area contributed by atoms with Gasteiger partial charge in [-0.15, -0.1) is 0 Å². The Balaban J connectivity index is 2.16. The van der Waals surface area contributed by atoms with Gasteiger partial charge in [0, 0.05) is 25.2 Å². The predicted octanol–water partition coefficient (Wildman–Crippen LogP) is 1.28. The molecule has 18 heavy (non-hydrogen) atoms. The molecule has 0 heterocycles. The molecule has 96 valence electrons. The van der Waals surface area contributed by atoms with Gasteiger partial charge in [0.2, 0.25) is 0 Å². The number of carbonyl (C=O) groups is 1. The molecule has 1 aromatic carbocycles. The summed E-state index contributed by atoms with van der Waals surface area (Å²) in [5, 5.41) is 12.2. The molecule has 0 unspecified atom stereocenters. The summed E-state index contributed by atoms with van der Waals surface area (Å²) in [7, 11) is 3.38. The van der Waals surface area contributed by atoms with Crippen LogP contribution in [0, 0.1) is 0 Å². The molecule has 1 aliphatic carbocycles. The summed E-state index contributed by atoms with van der Waals surface area (Å²) in [6, 6.07) is 5.57. The average Bonchev–Trinajstić information content (AvgIpc) is 2.79. The number of fused-ring (bicyclic) bond motifs is 1. The topological polar surface area (TPSA) is 62.1 Å². The molecule has 5 nitrogen and oxygen atoms in total. The Hall–Kier alpha value is -2.04. The molecule has 0 spiro atoms. The molecule has 0 atom stereocenters. The van der Waals surface area contributed by atoms with Gasteiger partial charge in [0.15, 0.2) is 6.61 Å². The van der Waals surface area contributed by atoms with Gasteiger partial charge in [-0.2, -0.15) is 0 Å². The highest BCUT2D eigenvalue weighted by Crippen LogP contribution is 2.30. The van der Waals surface area contributed by atoms with Crippen molar-refractivity contribution < 1.29 is 14.7 Å². The first-order valence-electron chi connectivity index (χ1n) is 5.79. The highest BCUT2D eigenvalue weighted by Gasteiger charge is 2.22. The minimum absolute atomic E-state index is 0.0229. The number of ether oxygens (including phenoxy) is 1. The van der Waals surface area contributed by atoms with Gasteiger partial charge < -0.3 is 14.8 Å². The Bertz CT molecular complexity index is 495. The summed E-state index contributed by atoms with van der Waals surface area (Å²) in [6.07, 6.45) is 1.48. The third-order valence-electron chi connectivity index (χ3n) is 3.03. The lowest BCUT2D eigenvalue weighted by atomic mass is 10.1. The number of oxime groups is 1. The van der Waals surface area contributed by atoms with Crippen LogP contribution in [0.25, 0.3) is 0 Å². The number of hydrogen-bond donors (Lipinski definition) is 1. The van der Waals surface area contributed by atoms with Crippen molar-refractivity contribution in [3.05, 3.63) is 29.3 Å². The standard InChI is InChI=1S/C13H16N2O3/c1-15(2)13(16)8-18-12-5-3-4-9-10(12)6-7-11(9)14-17/h3-5,17H,6-8H2,1-2H3/b14-11+. The van der Waals surface area contributed by atoms with E-state index in [0.717, 1.165) is 17.5 Å². The maximum atomic E-state index is 11.5. The van der Waals surface area contributed by atoms with Crippen LogP contribution >= 0.6 is 0 Å². The number of benzene rings is 1. The molecule has 2 rings (SSSR count). The zero-order valence-corrected chi connectivity index (χ0v) is 10.5. The van der Waals surface area contributed by atoms with Crippen LogP contribution in [0.3, 0.4) is 0 Å². The van der Waals surface area contributed by atoms with Gasteiger partial charge in [0.05, 0.1) is 5.71 Å². The lowest BCUT2D eigenvalue weighted by molar-refractivity contribution is -0.130. The van der Waals surface area contributed by atoms with E-state index in [1.54, 1.807) is 14.1 Å². The number of nitrogens with zero attached hydrogens (tertiary/aromatic N) is 2. The Morgan fingerprint density at radius 2 is 2.22 bits per heavy atom. The third kappa shape index (κ3) is 2.30. The molecule has 0 saturated heterocycles. The zero-order valence-electron chi connectivity index (χ0n) is 10.5. The van der Waals surface area contributed by atoms with Crippen molar-refractivity contribution in [3.8, 4) is 5.75 Å². The maximum Gasteiger partial charge on any atom is 0.259 e. The monoisotopic (exact) mass is 248 g/mol. The van der Waals surface area contributed by atoms with Crippen LogP contribution < -0.4 is 4.74 Å². The minimum Gasteiger partial charge on any atom is -0.483 e. The van der Waals surface area contributed by atoms with Gasteiger partial charge >= 0.3 is 0 Å². The lowest BCUT2D eigenvalue weighted by Gasteiger charge is -2.13. The molecule has 0 fully saturated rings. The van der Waals surface area contributed by atoms with Crippen molar-refractivity contribution in [2.45, 2.75) is 12.8 Å². The van der Waals surface area contributed by atoms with E-state index in [4.69, 9.17) is 9.94 Å². The van der Waals surface area contributed by atoms with Gasteiger partial charge in [0.25, 0.3) is 5.91 Å². The molecule has 1 aromatic rings. The summed E-state index contributed by atoms with van der Waals surface area (Å²) in [6.45, 7) is 0.0229. The van der Waals surface area contributed by atoms with Gasteiger partial charge in [0.1, 0.15) is 5.75 Å². The molecule has 1 amide bonds. The van der Waals surface area contributed by atoms with E-state index >= 15 is 0 Å². The summed E-state index contributed by atoms with van der Waals surface area (Å²) in [4.78, 5) is 13.0. The predicted molar refractivity (Wildman–Crippen MR) is 67.3 cm³/mol. The fourth-order valence-corrected chi connectivity index (χ4v) is 1.98. The van der Waals surface area contributed by atoms with Gasteiger partial charge in [-0.1, -0.05) is 17.3 Å². The molecule has 0 bridgehead atoms. The first-order chi connectivity index (χ1) is 8.63. The Kier molecular flexibility index (Phi) is 3.50. The first kappa shape index (κ1) is 12.4. The minimum atomic E-state index is -0.0818. The highest BCUT2D eigenvalue weighted by atomic mass is 16.5. The second-order valence-corrected chi connectivity index (χ2v) is 4.41. The van der Waals surface area contributed by atoms with Crippen molar-refractivity contribution in [1.29, 1.82) is 0 Å². The van der Waals surface area contributed by atoms with Gasteiger partial charge in [-0.25, -0.2) is 0 Å². The molecule has 0 radical (unpaired) electrons. The van der Waals surface area contributed by atoms with E-state index in [-0.39, 0.29) is 12.5 Å². The van der Waals surface area contributed by atoms with Crippen molar-refractivity contribution in [3.63, 3.8) is 0 Å². The molecule has 1 aliphatic rings. The van der Waals surface area contributed by atoms with Crippen LogP contribution in [0.15, 0.2) is 23.4 Å². The number of carbonyl (C=O) groups excluding carboxylic acids is 1. The molecule has 1 N–H and O–H groups in total. The Labute approximate surface area is 106 Å². The van der Waals surface area contributed by atoms with E-state index in [9.17, 15) is 4.79 Å². The highest BCUT2D eigenvalue weighted by molar-refractivity contribution is 6.04.